The first-order valence-corrected chi connectivity index (χ1v) is 17.4. The molecule has 0 spiro atoms. The minimum absolute atomic E-state index is 0.0289. The van der Waals surface area contributed by atoms with Crippen molar-refractivity contribution in [3.8, 4) is 11.1 Å². The Morgan fingerprint density at radius 1 is 0.745 bits per heavy atom. The van der Waals surface area contributed by atoms with Crippen LogP contribution in [0.15, 0.2) is 127 Å². The average molecular weight is 683 g/mol. The molecule has 1 fully saturated rings. The van der Waals surface area contributed by atoms with Crippen LogP contribution in [0.4, 0.5) is 0 Å². The lowest BCUT2D eigenvalue weighted by atomic mass is 9.97. The van der Waals surface area contributed by atoms with Crippen LogP contribution in [0.3, 0.4) is 0 Å². The lowest BCUT2D eigenvalue weighted by molar-refractivity contribution is -0.253. The van der Waals surface area contributed by atoms with Gasteiger partial charge in [0, 0.05) is 24.6 Å². The minimum atomic E-state index is -0.657. The second-order valence-electron chi connectivity index (χ2n) is 13.5. The summed E-state index contributed by atoms with van der Waals surface area (Å²) in [6, 6.07) is 40.2. The smallest absolute Gasteiger partial charge is 0.261 e. The zero-order valence-corrected chi connectivity index (χ0v) is 28.8. The second kappa shape index (κ2) is 15.1. The Balaban J connectivity index is 1.11. The molecular formula is C43H42N2O6. The molecule has 260 valence electrons. The molecule has 5 aromatic rings. The first kappa shape index (κ1) is 34.5. The number of nitrogens with zero attached hydrogens (tertiary/aromatic N) is 2. The van der Waals surface area contributed by atoms with Gasteiger partial charge in [0.1, 0.15) is 0 Å². The van der Waals surface area contributed by atoms with E-state index in [9.17, 15) is 19.8 Å². The van der Waals surface area contributed by atoms with Crippen molar-refractivity contribution in [1.82, 2.24) is 9.80 Å². The number of benzene rings is 5. The van der Waals surface area contributed by atoms with Crippen molar-refractivity contribution in [1.29, 1.82) is 0 Å². The number of aliphatic hydroxyl groups is 2. The highest BCUT2D eigenvalue weighted by molar-refractivity contribution is 6.21. The quantitative estimate of drug-likeness (QED) is 0.142. The van der Waals surface area contributed by atoms with Gasteiger partial charge < -0.3 is 19.7 Å². The highest BCUT2D eigenvalue weighted by Crippen LogP contribution is 2.39. The van der Waals surface area contributed by atoms with Crippen LogP contribution in [0.5, 0.6) is 0 Å². The molecule has 2 N–H and O–H groups in total. The van der Waals surface area contributed by atoms with Gasteiger partial charge in [0.25, 0.3) is 11.8 Å². The highest BCUT2D eigenvalue weighted by Gasteiger charge is 2.36. The third-order valence-corrected chi connectivity index (χ3v) is 10.0. The summed E-state index contributed by atoms with van der Waals surface area (Å²) < 4.78 is 13.3. The summed E-state index contributed by atoms with van der Waals surface area (Å²) in [5.74, 6) is -0.557. The van der Waals surface area contributed by atoms with Gasteiger partial charge in [-0.1, -0.05) is 103 Å². The Morgan fingerprint density at radius 3 is 2.08 bits per heavy atom. The van der Waals surface area contributed by atoms with E-state index in [0.717, 1.165) is 38.9 Å². The number of ether oxygens (including phenoxy) is 2. The van der Waals surface area contributed by atoms with Gasteiger partial charge in [-0.2, -0.15) is 0 Å². The Kier molecular flexibility index (Phi) is 10.2. The molecule has 0 bridgehead atoms. The van der Waals surface area contributed by atoms with Gasteiger partial charge in [-0.05, 0) is 71.6 Å². The number of hydrogen-bond acceptors (Lipinski definition) is 7. The maximum atomic E-state index is 13.0. The lowest BCUT2D eigenvalue weighted by Crippen LogP contribution is -2.43. The molecule has 7 rings (SSSR count). The molecule has 8 nitrogen and oxygen atoms in total. The van der Waals surface area contributed by atoms with Gasteiger partial charge in [0.2, 0.25) is 0 Å². The van der Waals surface area contributed by atoms with Crippen molar-refractivity contribution in [2.24, 2.45) is 0 Å². The number of imide groups is 1. The largest absolute Gasteiger partial charge is 0.392 e. The first-order chi connectivity index (χ1) is 24.8. The third kappa shape index (κ3) is 7.42. The molecule has 0 aromatic heterocycles. The molecule has 5 aromatic carbocycles. The zero-order valence-electron chi connectivity index (χ0n) is 28.8. The number of hydrogen-bond donors (Lipinski definition) is 2. The van der Waals surface area contributed by atoms with E-state index in [1.54, 1.807) is 24.3 Å². The summed E-state index contributed by atoms with van der Waals surface area (Å²) in [7, 11) is 2.01. The van der Waals surface area contributed by atoms with E-state index in [4.69, 9.17) is 9.47 Å². The Labute approximate surface area is 298 Å². The molecule has 51 heavy (non-hydrogen) atoms. The van der Waals surface area contributed by atoms with Crippen LogP contribution < -0.4 is 0 Å². The van der Waals surface area contributed by atoms with Gasteiger partial charge in [-0.3, -0.25) is 19.4 Å². The van der Waals surface area contributed by atoms with E-state index in [1.807, 2.05) is 111 Å². The summed E-state index contributed by atoms with van der Waals surface area (Å²) in [6.07, 6.45) is -1.15. The molecule has 5 unspecified atom stereocenters. The number of amides is 2. The van der Waals surface area contributed by atoms with Crippen molar-refractivity contribution in [3.63, 3.8) is 0 Å². The van der Waals surface area contributed by atoms with E-state index >= 15 is 0 Å². The maximum absolute atomic E-state index is 13.0. The molecule has 2 heterocycles. The maximum Gasteiger partial charge on any atom is 0.261 e. The molecule has 8 heteroatoms. The number of aliphatic hydroxyl groups excluding tert-OH is 2. The van der Waals surface area contributed by atoms with Crippen LogP contribution in [-0.2, 0) is 22.6 Å². The van der Waals surface area contributed by atoms with Gasteiger partial charge >= 0.3 is 0 Å². The van der Waals surface area contributed by atoms with Crippen LogP contribution in [0.2, 0.25) is 0 Å². The Hall–Kier alpha value is -4.96. The van der Waals surface area contributed by atoms with Crippen LogP contribution in [0.25, 0.3) is 11.1 Å². The number of carbonyl (C=O) groups excluding carboxylic acids is 2. The standard InChI is InChI=1S/C43H42N2O6/c1-28(40(47)32-11-4-3-5-12-32)44(2)26-36-24-39(31-20-18-29(27-46)19-21-31)51-43(50-36)35-15-9-14-34(23-35)33-13-8-10-30(22-33)25-45-41(48)37-16-6-7-17-38(37)42(45)49/h3-23,28,36,39-40,43,46-47H,24-27H2,1-2H3. The minimum Gasteiger partial charge on any atom is -0.392 e. The van der Waals surface area contributed by atoms with Crippen LogP contribution in [0, 0.1) is 0 Å². The second-order valence-corrected chi connectivity index (χ2v) is 13.5. The highest BCUT2D eigenvalue weighted by atomic mass is 16.7. The van der Waals surface area contributed by atoms with Crippen molar-refractivity contribution in [3.05, 3.63) is 166 Å². The number of rotatable bonds is 11. The normalized spacial score (nSPS) is 20.0. The lowest BCUT2D eigenvalue weighted by Gasteiger charge is -2.39. The molecule has 1 saturated heterocycles. The number of carbonyl (C=O) groups is 2. The fourth-order valence-corrected chi connectivity index (χ4v) is 6.97. The monoisotopic (exact) mass is 682 g/mol. The predicted molar refractivity (Wildman–Crippen MR) is 194 cm³/mol. The van der Waals surface area contributed by atoms with E-state index in [-0.39, 0.29) is 43.2 Å². The van der Waals surface area contributed by atoms with Gasteiger partial charge in [-0.25, -0.2) is 0 Å². The van der Waals surface area contributed by atoms with E-state index in [2.05, 4.69) is 11.0 Å². The topological polar surface area (TPSA) is 99.5 Å². The van der Waals surface area contributed by atoms with Crippen molar-refractivity contribution in [2.75, 3.05) is 13.6 Å². The summed E-state index contributed by atoms with van der Waals surface area (Å²) in [5, 5.41) is 20.7. The molecule has 0 saturated carbocycles. The molecule has 5 atom stereocenters. The Morgan fingerprint density at radius 2 is 1.39 bits per heavy atom. The van der Waals surface area contributed by atoms with Gasteiger partial charge in [0.15, 0.2) is 6.29 Å². The summed E-state index contributed by atoms with van der Waals surface area (Å²) in [5.41, 5.74) is 7.18. The van der Waals surface area contributed by atoms with E-state index in [1.165, 1.54) is 4.90 Å². The predicted octanol–water partition coefficient (Wildman–Crippen LogP) is 7.24. The van der Waals surface area contributed by atoms with E-state index < -0.39 is 12.4 Å². The molecule has 0 radical (unpaired) electrons. The van der Waals surface area contributed by atoms with Crippen LogP contribution in [0.1, 0.15) is 80.4 Å². The van der Waals surface area contributed by atoms with Crippen molar-refractivity contribution in [2.45, 2.75) is 57.1 Å². The third-order valence-electron chi connectivity index (χ3n) is 10.0. The van der Waals surface area contributed by atoms with Crippen LogP contribution in [-0.4, -0.2) is 57.6 Å². The summed E-state index contributed by atoms with van der Waals surface area (Å²) in [4.78, 5) is 29.5. The molecular weight excluding hydrogens is 640 g/mol. The molecule has 2 aliphatic rings. The average Bonchev–Trinajstić information content (AvgIpc) is 3.42. The molecule has 0 aliphatic carbocycles. The SMILES string of the molecule is CC(C(O)c1ccccc1)N(C)CC1CC(c2ccc(CO)cc2)OC(c2cccc(-c3cccc(CN4C(=O)c5ccccc5C4=O)c3)c2)O1. The fraction of sp³-hybridized carbons (Fsp3) is 0.256. The first-order valence-electron chi connectivity index (χ1n) is 17.4. The summed E-state index contributed by atoms with van der Waals surface area (Å²) in [6.45, 7) is 2.75. The van der Waals surface area contributed by atoms with Gasteiger partial charge in [-0.15, -0.1) is 0 Å². The molecule has 2 aliphatic heterocycles. The zero-order chi connectivity index (χ0) is 35.5. The van der Waals surface area contributed by atoms with Crippen molar-refractivity contribution < 1.29 is 29.3 Å². The summed E-state index contributed by atoms with van der Waals surface area (Å²) >= 11 is 0. The fourth-order valence-electron chi connectivity index (χ4n) is 6.97. The molecule has 2 amide bonds. The number of likely N-dealkylation sites (N-methyl/N-ethyl adjacent to an activating group) is 1. The Bertz CT molecular complexity index is 1960. The van der Waals surface area contributed by atoms with Crippen LogP contribution >= 0.6 is 0 Å². The number of fused-ring (bicyclic) bond motifs is 1. The van der Waals surface area contributed by atoms with E-state index in [0.29, 0.717) is 24.1 Å². The van der Waals surface area contributed by atoms with Crippen molar-refractivity contribution >= 4 is 11.8 Å². The van der Waals surface area contributed by atoms with Gasteiger partial charge in [0.05, 0.1) is 42.6 Å².